The first-order valence-corrected chi connectivity index (χ1v) is 12.4. The zero-order chi connectivity index (χ0) is 25.9. The zero-order valence-corrected chi connectivity index (χ0v) is 21.6. The van der Waals surface area contributed by atoms with Gasteiger partial charge in [-0.15, -0.1) is 0 Å². The van der Waals surface area contributed by atoms with Crippen molar-refractivity contribution in [1.82, 2.24) is 0 Å². The molecule has 0 amide bonds. The molecule has 0 atom stereocenters. The quantitative estimate of drug-likeness (QED) is 0.240. The molecule has 1 aliphatic rings. The van der Waals surface area contributed by atoms with Crippen molar-refractivity contribution in [1.29, 1.82) is 0 Å². The Labute approximate surface area is 214 Å². The molecule has 36 heavy (non-hydrogen) atoms. The van der Waals surface area contributed by atoms with E-state index in [2.05, 4.69) is 95.3 Å². The molecular formula is C31H33BO4. The number of rotatable bonds is 7. The highest BCUT2D eigenvalue weighted by atomic mass is 16.7. The first-order valence-electron chi connectivity index (χ1n) is 12.4. The van der Waals surface area contributed by atoms with Crippen molar-refractivity contribution in [2.24, 2.45) is 0 Å². The van der Waals surface area contributed by atoms with Gasteiger partial charge in [-0.25, -0.2) is 4.79 Å². The van der Waals surface area contributed by atoms with E-state index in [1.165, 1.54) is 11.1 Å². The van der Waals surface area contributed by atoms with Crippen LogP contribution in [0.15, 0.2) is 84.9 Å². The fourth-order valence-corrected chi connectivity index (χ4v) is 4.39. The van der Waals surface area contributed by atoms with Gasteiger partial charge in [-0.1, -0.05) is 85.8 Å². The maximum Gasteiger partial charge on any atom is 0.494 e. The molecule has 0 saturated carbocycles. The van der Waals surface area contributed by atoms with Gasteiger partial charge in [0.2, 0.25) is 0 Å². The van der Waals surface area contributed by atoms with E-state index in [9.17, 15) is 4.79 Å². The number of hydrogen-bond acceptors (Lipinski definition) is 3. The normalized spacial score (nSPS) is 17.3. The van der Waals surface area contributed by atoms with Crippen molar-refractivity contribution < 1.29 is 19.2 Å². The number of benzene rings is 3. The van der Waals surface area contributed by atoms with Gasteiger partial charge < -0.3 is 14.4 Å². The summed E-state index contributed by atoms with van der Waals surface area (Å²) in [4.78, 5) is 10.9. The van der Waals surface area contributed by atoms with E-state index in [4.69, 9.17) is 14.4 Å². The minimum absolute atomic E-state index is 0.388. The molecule has 4 nitrogen and oxygen atoms in total. The van der Waals surface area contributed by atoms with Crippen molar-refractivity contribution in [2.45, 2.75) is 52.2 Å². The van der Waals surface area contributed by atoms with Crippen LogP contribution in [0.2, 0.25) is 0 Å². The number of carboxylic acids is 1. The van der Waals surface area contributed by atoms with E-state index >= 15 is 0 Å². The smallest absolute Gasteiger partial charge is 0.478 e. The van der Waals surface area contributed by atoms with Crippen LogP contribution in [0.1, 0.15) is 63.3 Å². The molecule has 1 N–H and O–H groups in total. The summed E-state index contributed by atoms with van der Waals surface area (Å²) in [5.74, 6) is -0.959. The maximum atomic E-state index is 10.9. The second kappa shape index (κ2) is 10.3. The van der Waals surface area contributed by atoms with E-state index in [1.54, 1.807) is 6.08 Å². The molecule has 0 aliphatic carbocycles. The lowest BCUT2D eigenvalue weighted by atomic mass is 9.78. The fraction of sp³-hybridized carbons (Fsp3) is 0.258. The summed E-state index contributed by atoms with van der Waals surface area (Å²) >= 11 is 0. The highest BCUT2D eigenvalue weighted by molar-refractivity contribution is 6.62. The van der Waals surface area contributed by atoms with E-state index in [0.717, 1.165) is 40.2 Å². The molecular weight excluding hydrogens is 447 g/mol. The van der Waals surface area contributed by atoms with Crippen molar-refractivity contribution in [3.8, 4) is 0 Å². The summed E-state index contributed by atoms with van der Waals surface area (Å²) in [7, 11) is -0.406. The van der Waals surface area contributed by atoms with Crippen molar-refractivity contribution in [3.63, 3.8) is 0 Å². The molecule has 0 spiro atoms. The monoisotopic (exact) mass is 480 g/mol. The van der Waals surface area contributed by atoms with Crippen LogP contribution in [0, 0.1) is 0 Å². The third-order valence-corrected chi connectivity index (χ3v) is 7.12. The Bertz CT molecular complexity index is 1250. The van der Waals surface area contributed by atoms with Crippen LogP contribution in [-0.4, -0.2) is 29.4 Å². The van der Waals surface area contributed by atoms with Crippen molar-refractivity contribution in [2.75, 3.05) is 0 Å². The van der Waals surface area contributed by atoms with E-state index in [0.29, 0.717) is 0 Å². The number of aliphatic carboxylic acids is 1. The number of hydrogen-bond donors (Lipinski definition) is 1. The molecule has 184 valence electrons. The Morgan fingerprint density at radius 3 is 1.83 bits per heavy atom. The summed E-state index contributed by atoms with van der Waals surface area (Å²) in [6.07, 6.45) is 3.62. The van der Waals surface area contributed by atoms with Gasteiger partial charge in [-0.05, 0) is 79.1 Å². The van der Waals surface area contributed by atoms with Gasteiger partial charge in [-0.3, -0.25) is 0 Å². The van der Waals surface area contributed by atoms with Gasteiger partial charge in [0.15, 0.2) is 0 Å². The van der Waals surface area contributed by atoms with Crippen LogP contribution < -0.4 is 5.46 Å². The number of carbonyl (C=O) groups is 1. The maximum absolute atomic E-state index is 10.9. The number of allylic oxidation sites excluding steroid dienone is 1. The van der Waals surface area contributed by atoms with Crippen molar-refractivity contribution >= 4 is 35.8 Å². The van der Waals surface area contributed by atoms with Gasteiger partial charge in [0.05, 0.1) is 11.2 Å². The predicted molar refractivity (Wildman–Crippen MR) is 148 cm³/mol. The SMILES string of the molecule is CC/C(=C(\c1ccc(/C=C/C(=O)O)cc1)c1ccc(B2OC(C)(C)C(C)(C)O2)cc1)c1ccccc1. The molecule has 0 radical (unpaired) electrons. The van der Waals surface area contributed by atoms with E-state index in [-0.39, 0.29) is 11.2 Å². The fourth-order valence-electron chi connectivity index (χ4n) is 4.39. The first-order chi connectivity index (χ1) is 17.1. The summed E-state index contributed by atoms with van der Waals surface area (Å²) in [5.41, 5.74) is 6.81. The molecule has 1 saturated heterocycles. The highest BCUT2D eigenvalue weighted by Crippen LogP contribution is 2.37. The van der Waals surface area contributed by atoms with E-state index < -0.39 is 13.1 Å². The topological polar surface area (TPSA) is 55.8 Å². The number of carboxylic acid groups (broad SMARTS) is 1. The summed E-state index contributed by atoms with van der Waals surface area (Å²) < 4.78 is 12.5. The van der Waals surface area contributed by atoms with Gasteiger partial charge in [0.1, 0.15) is 0 Å². The average Bonchev–Trinajstić information content (AvgIpc) is 3.09. The minimum Gasteiger partial charge on any atom is -0.478 e. The van der Waals surface area contributed by atoms with Gasteiger partial charge in [0.25, 0.3) is 0 Å². The molecule has 0 unspecified atom stereocenters. The summed E-state index contributed by atoms with van der Waals surface area (Å²) in [5, 5.41) is 8.94. The molecule has 4 rings (SSSR count). The average molecular weight is 480 g/mol. The largest absolute Gasteiger partial charge is 0.494 e. The molecule has 5 heteroatoms. The molecule has 1 aliphatic heterocycles. The van der Waals surface area contributed by atoms with Crippen LogP contribution in [-0.2, 0) is 14.1 Å². The zero-order valence-electron chi connectivity index (χ0n) is 21.6. The predicted octanol–water partition coefficient (Wildman–Crippen LogP) is 6.45. The molecule has 3 aromatic carbocycles. The van der Waals surface area contributed by atoms with Crippen LogP contribution >= 0.6 is 0 Å². The lowest BCUT2D eigenvalue weighted by Crippen LogP contribution is -2.41. The third kappa shape index (κ3) is 5.38. The van der Waals surface area contributed by atoms with Gasteiger partial charge in [-0.2, -0.15) is 0 Å². The second-order valence-corrected chi connectivity index (χ2v) is 10.1. The molecule has 1 fully saturated rings. The molecule has 3 aromatic rings. The standard InChI is InChI=1S/C31H33BO4/c1-6-27(23-10-8-7-9-11-23)29(24-15-12-22(13-16-24)14-21-28(33)34)25-17-19-26(20-18-25)32-35-30(2,3)31(4,5)36-32/h7-21H,6H2,1-5H3,(H,33,34)/b21-14+,29-27-. The first kappa shape index (κ1) is 25.7. The summed E-state index contributed by atoms with van der Waals surface area (Å²) in [6.45, 7) is 10.4. The van der Waals surface area contributed by atoms with Crippen LogP contribution in [0.4, 0.5) is 0 Å². The Morgan fingerprint density at radius 1 is 0.806 bits per heavy atom. The molecule has 0 aromatic heterocycles. The Hall–Kier alpha value is -3.41. The second-order valence-electron chi connectivity index (χ2n) is 10.1. The van der Waals surface area contributed by atoms with Gasteiger partial charge in [0, 0.05) is 6.08 Å². The summed E-state index contributed by atoms with van der Waals surface area (Å²) in [6, 6.07) is 26.9. The minimum atomic E-state index is -0.959. The van der Waals surface area contributed by atoms with Crippen LogP contribution in [0.25, 0.3) is 17.2 Å². The molecule has 0 bridgehead atoms. The Morgan fingerprint density at radius 2 is 1.33 bits per heavy atom. The van der Waals surface area contributed by atoms with Crippen molar-refractivity contribution in [3.05, 3.63) is 107 Å². The molecule has 1 heterocycles. The lowest BCUT2D eigenvalue weighted by Gasteiger charge is -2.32. The Kier molecular flexibility index (Phi) is 7.34. The highest BCUT2D eigenvalue weighted by Gasteiger charge is 2.51. The van der Waals surface area contributed by atoms with Crippen LogP contribution in [0.3, 0.4) is 0 Å². The third-order valence-electron chi connectivity index (χ3n) is 7.12. The van der Waals surface area contributed by atoms with E-state index in [1.807, 2.05) is 18.2 Å². The Balaban J connectivity index is 1.76. The lowest BCUT2D eigenvalue weighted by molar-refractivity contribution is -0.131. The van der Waals surface area contributed by atoms with Crippen LogP contribution in [0.5, 0.6) is 0 Å². The van der Waals surface area contributed by atoms with Gasteiger partial charge >= 0.3 is 13.1 Å².